The fraction of sp³-hybridized carbons (Fsp3) is 0.176. The van der Waals surface area contributed by atoms with Gasteiger partial charge >= 0.3 is 0 Å². The lowest BCUT2D eigenvalue weighted by Gasteiger charge is -2.10. The highest BCUT2D eigenvalue weighted by Crippen LogP contribution is 2.32. The molecule has 0 atom stereocenters. The molecule has 0 saturated carbocycles. The monoisotopic (exact) mass is 454 g/mol. The van der Waals surface area contributed by atoms with Crippen LogP contribution in [0.4, 0.5) is 0 Å². The van der Waals surface area contributed by atoms with Crippen molar-refractivity contribution in [3.8, 4) is 11.5 Å². The molecule has 0 bridgehead atoms. The van der Waals surface area contributed by atoms with Crippen LogP contribution in [0, 0.1) is 6.92 Å². The van der Waals surface area contributed by atoms with Crippen molar-refractivity contribution >= 4 is 44.0 Å². The van der Waals surface area contributed by atoms with Crippen LogP contribution in [0.1, 0.15) is 11.1 Å². The number of nitrogens with zero attached hydrogens (tertiary/aromatic N) is 1. The van der Waals surface area contributed by atoms with Crippen molar-refractivity contribution in [3.05, 3.63) is 56.5 Å². The van der Waals surface area contributed by atoms with Crippen LogP contribution in [0.15, 0.2) is 50.4 Å². The number of aryl methyl sites for hydroxylation is 1. The van der Waals surface area contributed by atoms with Gasteiger partial charge in [-0.2, -0.15) is 5.10 Å². The minimum atomic E-state index is -0.344. The molecule has 1 amide bonds. The van der Waals surface area contributed by atoms with E-state index in [1.807, 2.05) is 43.3 Å². The van der Waals surface area contributed by atoms with E-state index in [1.54, 1.807) is 13.3 Å². The molecule has 0 radical (unpaired) electrons. The van der Waals surface area contributed by atoms with Gasteiger partial charge in [-0.25, -0.2) is 5.43 Å². The molecule has 7 heteroatoms. The quantitative estimate of drug-likeness (QED) is 0.527. The SMILES string of the molecule is COc1cccc(/C=N/NC(=O)COc2c(C)cc(Br)cc2Br)c1. The van der Waals surface area contributed by atoms with E-state index in [0.29, 0.717) is 5.75 Å². The van der Waals surface area contributed by atoms with Crippen molar-refractivity contribution in [2.24, 2.45) is 5.10 Å². The van der Waals surface area contributed by atoms with E-state index >= 15 is 0 Å². The van der Waals surface area contributed by atoms with Crippen molar-refractivity contribution in [1.82, 2.24) is 5.43 Å². The number of hydrogen-bond acceptors (Lipinski definition) is 4. The van der Waals surface area contributed by atoms with E-state index in [9.17, 15) is 4.79 Å². The first-order valence-electron chi connectivity index (χ1n) is 7.04. The van der Waals surface area contributed by atoms with Crippen LogP contribution in [0.25, 0.3) is 0 Å². The average Bonchev–Trinajstić information content (AvgIpc) is 2.54. The van der Waals surface area contributed by atoms with Crippen molar-refractivity contribution in [1.29, 1.82) is 0 Å². The largest absolute Gasteiger partial charge is 0.497 e. The Kier molecular flexibility index (Phi) is 6.81. The minimum Gasteiger partial charge on any atom is -0.497 e. The molecule has 0 aliphatic heterocycles. The molecule has 0 fully saturated rings. The maximum atomic E-state index is 11.8. The van der Waals surface area contributed by atoms with Crippen molar-refractivity contribution in [2.45, 2.75) is 6.92 Å². The Morgan fingerprint density at radius 3 is 2.79 bits per heavy atom. The van der Waals surface area contributed by atoms with Crippen molar-refractivity contribution in [2.75, 3.05) is 13.7 Å². The number of ether oxygens (including phenoxy) is 2. The second kappa shape index (κ2) is 8.84. The molecule has 2 rings (SSSR count). The van der Waals surface area contributed by atoms with Crippen LogP contribution < -0.4 is 14.9 Å². The van der Waals surface area contributed by atoms with E-state index in [1.165, 1.54) is 0 Å². The van der Waals surface area contributed by atoms with Crippen molar-refractivity contribution < 1.29 is 14.3 Å². The molecule has 0 aliphatic carbocycles. The van der Waals surface area contributed by atoms with Gasteiger partial charge in [0.25, 0.3) is 5.91 Å². The highest BCUT2D eigenvalue weighted by Gasteiger charge is 2.09. The molecule has 0 saturated heterocycles. The van der Waals surface area contributed by atoms with Gasteiger partial charge < -0.3 is 9.47 Å². The summed E-state index contributed by atoms with van der Waals surface area (Å²) in [5.74, 6) is 1.01. The topological polar surface area (TPSA) is 59.9 Å². The number of benzene rings is 2. The molecule has 0 spiro atoms. The van der Waals surface area contributed by atoms with Crippen LogP contribution >= 0.6 is 31.9 Å². The second-order valence-electron chi connectivity index (χ2n) is 4.89. The van der Waals surface area contributed by atoms with Gasteiger partial charge in [0.05, 0.1) is 17.8 Å². The third kappa shape index (κ3) is 5.35. The molecular weight excluding hydrogens is 440 g/mol. The number of hydrogen-bond donors (Lipinski definition) is 1. The number of hydrazone groups is 1. The lowest BCUT2D eigenvalue weighted by atomic mass is 10.2. The molecule has 0 aromatic heterocycles. The number of nitrogens with one attached hydrogen (secondary N) is 1. The van der Waals surface area contributed by atoms with E-state index < -0.39 is 0 Å². The smallest absolute Gasteiger partial charge is 0.277 e. The minimum absolute atomic E-state index is 0.128. The first kappa shape index (κ1) is 18.5. The van der Waals surface area contributed by atoms with Gasteiger partial charge in [-0.1, -0.05) is 28.1 Å². The number of halogens is 2. The Bertz CT molecular complexity index is 740. The Morgan fingerprint density at radius 2 is 2.08 bits per heavy atom. The first-order chi connectivity index (χ1) is 11.5. The van der Waals surface area contributed by atoms with Crippen LogP contribution in [0.2, 0.25) is 0 Å². The Morgan fingerprint density at radius 1 is 1.29 bits per heavy atom. The highest BCUT2D eigenvalue weighted by molar-refractivity contribution is 9.11. The zero-order valence-corrected chi connectivity index (χ0v) is 16.3. The lowest BCUT2D eigenvalue weighted by Crippen LogP contribution is -2.24. The second-order valence-corrected chi connectivity index (χ2v) is 6.66. The van der Waals surface area contributed by atoms with Crippen LogP contribution in [-0.2, 0) is 4.79 Å². The standard InChI is InChI=1S/C17H16Br2N2O3/c1-11-6-13(18)8-15(19)17(11)24-10-16(22)21-20-9-12-4-3-5-14(7-12)23-2/h3-9H,10H2,1-2H3,(H,21,22)/b20-9+. The van der Waals surface area contributed by atoms with Gasteiger partial charge in [0, 0.05) is 4.47 Å². The van der Waals surface area contributed by atoms with Gasteiger partial charge in [-0.3, -0.25) is 4.79 Å². The third-order valence-corrected chi connectivity index (χ3v) is 4.09. The first-order valence-corrected chi connectivity index (χ1v) is 8.62. The normalized spacial score (nSPS) is 10.7. The molecule has 0 heterocycles. The van der Waals surface area contributed by atoms with E-state index in [0.717, 1.165) is 25.8 Å². The van der Waals surface area contributed by atoms with Crippen molar-refractivity contribution in [3.63, 3.8) is 0 Å². The number of rotatable bonds is 6. The molecule has 24 heavy (non-hydrogen) atoms. The van der Waals surface area contributed by atoms with Gasteiger partial charge in [0.1, 0.15) is 11.5 Å². The summed E-state index contributed by atoms with van der Waals surface area (Å²) in [6, 6.07) is 11.1. The summed E-state index contributed by atoms with van der Waals surface area (Å²) in [6.07, 6.45) is 1.54. The third-order valence-electron chi connectivity index (χ3n) is 3.04. The van der Waals surface area contributed by atoms with Gasteiger partial charge in [-0.05, 0) is 58.2 Å². The Labute approximate surface area is 157 Å². The number of amides is 1. The summed E-state index contributed by atoms with van der Waals surface area (Å²) >= 11 is 6.82. The molecule has 126 valence electrons. The van der Waals surface area contributed by atoms with E-state index in [-0.39, 0.29) is 12.5 Å². The van der Waals surface area contributed by atoms with Gasteiger partial charge in [0.15, 0.2) is 6.61 Å². The zero-order valence-electron chi connectivity index (χ0n) is 13.2. The Hall–Kier alpha value is -1.86. The molecule has 0 unspecified atom stereocenters. The van der Waals surface area contributed by atoms with E-state index in [2.05, 4.69) is 42.4 Å². The molecule has 2 aromatic rings. The molecule has 0 aliphatic rings. The lowest BCUT2D eigenvalue weighted by molar-refractivity contribution is -0.123. The van der Waals surface area contributed by atoms with Crippen LogP contribution in [-0.4, -0.2) is 25.8 Å². The summed E-state index contributed by atoms with van der Waals surface area (Å²) < 4.78 is 12.4. The number of methoxy groups -OCH3 is 1. The molecule has 2 aromatic carbocycles. The summed E-state index contributed by atoms with van der Waals surface area (Å²) in [4.78, 5) is 11.8. The Balaban J connectivity index is 1.89. The molecule has 5 nitrogen and oxygen atoms in total. The fourth-order valence-electron chi connectivity index (χ4n) is 1.94. The van der Waals surface area contributed by atoms with Crippen LogP contribution in [0.5, 0.6) is 11.5 Å². The average molecular weight is 456 g/mol. The summed E-state index contributed by atoms with van der Waals surface area (Å²) in [5.41, 5.74) is 4.17. The number of carbonyl (C=O) groups is 1. The highest BCUT2D eigenvalue weighted by atomic mass is 79.9. The summed E-state index contributed by atoms with van der Waals surface area (Å²) in [5, 5.41) is 3.91. The van der Waals surface area contributed by atoms with E-state index in [4.69, 9.17) is 9.47 Å². The number of carbonyl (C=O) groups excluding carboxylic acids is 1. The van der Waals surface area contributed by atoms with Gasteiger partial charge in [0.2, 0.25) is 0 Å². The summed E-state index contributed by atoms with van der Waals surface area (Å²) in [6.45, 7) is 1.78. The molecule has 1 N–H and O–H groups in total. The maximum absolute atomic E-state index is 11.8. The summed E-state index contributed by atoms with van der Waals surface area (Å²) in [7, 11) is 1.59. The van der Waals surface area contributed by atoms with Crippen LogP contribution in [0.3, 0.4) is 0 Å². The predicted octanol–water partition coefficient (Wildman–Crippen LogP) is 4.06. The fourth-order valence-corrected chi connectivity index (χ4v) is 3.50. The molecular formula is C17H16Br2N2O3. The maximum Gasteiger partial charge on any atom is 0.277 e. The zero-order chi connectivity index (χ0) is 17.5. The predicted molar refractivity (Wildman–Crippen MR) is 101 cm³/mol. The van der Waals surface area contributed by atoms with Gasteiger partial charge in [-0.15, -0.1) is 0 Å².